The number of piperidine rings is 1. The van der Waals surface area contributed by atoms with Crippen LogP contribution in [-0.4, -0.2) is 32.7 Å². The predicted molar refractivity (Wildman–Crippen MR) is 83.2 cm³/mol. The summed E-state index contributed by atoms with van der Waals surface area (Å²) in [6.07, 6.45) is 2.65. The van der Waals surface area contributed by atoms with Gasteiger partial charge in [0.15, 0.2) is 0 Å². The maximum absolute atomic E-state index is 3.52. The lowest BCUT2D eigenvalue weighted by atomic mass is 9.97. The second kappa shape index (κ2) is 7.13. The van der Waals surface area contributed by atoms with Gasteiger partial charge in [-0.1, -0.05) is 18.2 Å². The predicted octanol–water partition coefficient (Wildman–Crippen LogP) is 2.02. The molecule has 0 amide bonds. The van der Waals surface area contributed by atoms with Gasteiger partial charge in [0.25, 0.3) is 0 Å². The van der Waals surface area contributed by atoms with E-state index in [9.17, 15) is 0 Å². The van der Waals surface area contributed by atoms with Crippen LogP contribution in [0.25, 0.3) is 0 Å². The highest BCUT2D eigenvalue weighted by Crippen LogP contribution is 2.24. The molecule has 0 aromatic heterocycles. The van der Waals surface area contributed by atoms with Crippen molar-refractivity contribution >= 4 is 18.1 Å². The first kappa shape index (κ1) is 14.6. The quantitative estimate of drug-likeness (QED) is 0.869. The summed E-state index contributed by atoms with van der Waals surface area (Å²) in [5.74, 6) is 0.859. The number of anilines is 1. The van der Waals surface area contributed by atoms with E-state index in [1.165, 1.54) is 43.7 Å². The number of hydrogen-bond acceptors (Lipinski definition) is 3. The Morgan fingerprint density at radius 2 is 1.84 bits per heavy atom. The fourth-order valence-electron chi connectivity index (χ4n) is 3.09. The molecule has 1 aromatic carbocycles. The molecule has 0 bridgehead atoms. The van der Waals surface area contributed by atoms with E-state index < -0.39 is 0 Å². The highest BCUT2D eigenvalue weighted by atomic mass is 35.5. The Morgan fingerprint density at radius 3 is 2.68 bits per heavy atom. The third-order valence-electron chi connectivity index (χ3n) is 4.14. The van der Waals surface area contributed by atoms with Gasteiger partial charge in [-0.2, -0.15) is 0 Å². The molecule has 19 heavy (non-hydrogen) atoms. The second-order valence-electron chi connectivity index (χ2n) is 5.44. The molecule has 2 heterocycles. The van der Waals surface area contributed by atoms with Crippen LogP contribution in [0, 0.1) is 5.92 Å². The van der Waals surface area contributed by atoms with E-state index in [2.05, 4.69) is 39.8 Å². The van der Waals surface area contributed by atoms with Gasteiger partial charge in [0.1, 0.15) is 0 Å². The lowest BCUT2D eigenvalue weighted by molar-refractivity contribution is 0.374. The molecular weight excluding hydrogens is 258 g/mol. The lowest BCUT2D eigenvalue weighted by Gasteiger charge is -2.31. The molecule has 0 radical (unpaired) electrons. The summed E-state index contributed by atoms with van der Waals surface area (Å²) in [6.45, 7) is 6.86. The molecule has 0 saturated carbocycles. The number of fused-ring (bicyclic) bond motifs is 1. The largest absolute Gasteiger partial charge is 0.370 e. The molecule has 1 saturated heterocycles. The number of rotatable bonds is 2. The molecule has 2 N–H and O–H groups in total. The van der Waals surface area contributed by atoms with Gasteiger partial charge in [-0.05, 0) is 43.5 Å². The van der Waals surface area contributed by atoms with Crippen LogP contribution in [0.15, 0.2) is 24.3 Å². The van der Waals surface area contributed by atoms with Crippen molar-refractivity contribution < 1.29 is 0 Å². The van der Waals surface area contributed by atoms with Crippen LogP contribution in [0.4, 0.5) is 5.69 Å². The summed E-state index contributed by atoms with van der Waals surface area (Å²) in [7, 11) is 0. The highest BCUT2D eigenvalue weighted by Gasteiger charge is 2.20. The van der Waals surface area contributed by atoms with Crippen LogP contribution in [0.1, 0.15) is 18.4 Å². The van der Waals surface area contributed by atoms with Crippen molar-refractivity contribution in [2.75, 3.05) is 37.6 Å². The Balaban J connectivity index is 0.00000133. The van der Waals surface area contributed by atoms with E-state index in [-0.39, 0.29) is 12.4 Å². The normalized spacial score (nSPS) is 20.3. The van der Waals surface area contributed by atoms with Crippen LogP contribution >= 0.6 is 12.4 Å². The van der Waals surface area contributed by atoms with Crippen molar-refractivity contribution in [1.29, 1.82) is 0 Å². The average Bonchev–Trinajstić information content (AvgIpc) is 2.63. The van der Waals surface area contributed by atoms with Crippen LogP contribution in [0.3, 0.4) is 0 Å². The minimum atomic E-state index is 0. The van der Waals surface area contributed by atoms with Crippen molar-refractivity contribution in [3.8, 4) is 0 Å². The molecule has 0 aliphatic carbocycles. The van der Waals surface area contributed by atoms with Crippen molar-refractivity contribution in [3.63, 3.8) is 0 Å². The maximum Gasteiger partial charge on any atom is 0.0412 e. The summed E-state index contributed by atoms with van der Waals surface area (Å²) in [6, 6.07) is 8.85. The first-order chi connectivity index (χ1) is 8.93. The molecule has 0 spiro atoms. The molecule has 1 fully saturated rings. The topological polar surface area (TPSA) is 27.3 Å². The zero-order valence-corrected chi connectivity index (χ0v) is 12.2. The zero-order chi connectivity index (χ0) is 12.2. The molecule has 106 valence electrons. The minimum absolute atomic E-state index is 0. The van der Waals surface area contributed by atoms with Gasteiger partial charge in [0.2, 0.25) is 0 Å². The Labute approximate surface area is 122 Å². The summed E-state index contributed by atoms with van der Waals surface area (Å²) < 4.78 is 0. The van der Waals surface area contributed by atoms with Crippen molar-refractivity contribution in [3.05, 3.63) is 29.8 Å². The number of nitrogens with zero attached hydrogens (tertiary/aromatic N) is 1. The number of halogens is 1. The molecule has 0 unspecified atom stereocenters. The monoisotopic (exact) mass is 281 g/mol. The standard InChI is InChI=1S/C15H23N3.ClH/c1-2-4-15-14(3-1)11-17-9-10-18(15)12-13-5-7-16-8-6-13;/h1-4,13,16-17H,5-12H2;1H. The summed E-state index contributed by atoms with van der Waals surface area (Å²) in [5.41, 5.74) is 2.89. The average molecular weight is 282 g/mol. The Morgan fingerprint density at radius 1 is 1.05 bits per heavy atom. The van der Waals surface area contributed by atoms with E-state index >= 15 is 0 Å². The van der Waals surface area contributed by atoms with Gasteiger partial charge < -0.3 is 15.5 Å². The molecular formula is C15H24ClN3. The fourth-order valence-corrected chi connectivity index (χ4v) is 3.09. The highest BCUT2D eigenvalue weighted by molar-refractivity contribution is 5.85. The number of para-hydroxylation sites is 1. The Bertz CT molecular complexity index is 391. The summed E-state index contributed by atoms with van der Waals surface area (Å²) in [5, 5.41) is 6.97. The molecule has 3 rings (SSSR count). The van der Waals surface area contributed by atoms with E-state index in [4.69, 9.17) is 0 Å². The molecule has 2 aliphatic rings. The Hall–Kier alpha value is -0.770. The van der Waals surface area contributed by atoms with Crippen LogP contribution in [0.2, 0.25) is 0 Å². The number of nitrogens with one attached hydrogen (secondary N) is 2. The summed E-state index contributed by atoms with van der Waals surface area (Å²) in [4.78, 5) is 2.59. The van der Waals surface area contributed by atoms with Crippen LogP contribution in [-0.2, 0) is 6.54 Å². The third-order valence-corrected chi connectivity index (χ3v) is 4.14. The van der Waals surface area contributed by atoms with Crippen molar-refractivity contribution in [2.45, 2.75) is 19.4 Å². The SMILES string of the molecule is Cl.c1ccc2c(c1)CNCCN2CC1CCNCC1. The smallest absolute Gasteiger partial charge is 0.0412 e. The van der Waals surface area contributed by atoms with Gasteiger partial charge >= 0.3 is 0 Å². The third kappa shape index (κ3) is 3.62. The van der Waals surface area contributed by atoms with Crippen molar-refractivity contribution in [1.82, 2.24) is 10.6 Å². The number of hydrogen-bond donors (Lipinski definition) is 2. The van der Waals surface area contributed by atoms with Gasteiger partial charge in [-0.25, -0.2) is 0 Å². The molecule has 2 aliphatic heterocycles. The number of benzene rings is 1. The molecule has 3 nitrogen and oxygen atoms in total. The van der Waals surface area contributed by atoms with E-state index in [1.807, 2.05) is 0 Å². The summed E-state index contributed by atoms with van der Waals surface area (Å²) >= 11 is 0. The minimum Gasteiger partial charge on any atom is -0.370 e. The first-order valence-electron chi connectivity index (χ1n) is 7.18. The lowest BCUT2D eigenvalue weighted by Crippen LogP contribution is -2.38. The molecule has 4 heteroatoms. The maximum atomic E-state index is 3.52. The second-order valence-corrected chi connectivity index (χ2v) is 5.44. The zero-order valence-electron chi connectivity index (χ0n) is 11.4. The van der Waals surface area contributed by atoms with Gasteiger partial charge in [-0.15, -0.1) is 12.4 Å². The first-order valence-corrected chi connectivity index (χ1v) is 7.18. The molecule has 1 aromatic rings. The van der Waals surface area contributed by atoms with E-state index in [1.54, 1.807) is 0 Å². The Kier molecular flexibility index (Phi) is 5.49. The fraction of sp³-hybridized carbons (Fsp3) is 0.600. The van der Waals surface area contributed by atoms with E-state index in [0.717, 1.165) is 25.6 Å². The molecule has 0 atom stereocenters. The van der Waals surface area contributed by atoms with Gasteiger partial charge in [0.05, 0.1) is 0 Å². The van der Waals surface area contributed by atoms with E-state index in [0.29, 0.717) is 0 Å². The van der Waals surface area contributed by atoms with Gasteiger partial charge in [0, 0.05) is 31.9 Å². The van der Waals surface area contributed by atoms with Gasteiger partial charge in [-0.3, -0.25) is 0 Å². The van der Waals surface area contributed by atoms with Crippen LogP contribution in [0.5, 0.6) is 0 Å². The van der Waals surface area contributed by atoms with Crippen molar-refractivity contribution in [2.24, 2.45) is 5.92 Å². The van der Waals surface area contributed by atoms with Crippen LogP contribution < -0.4 is 15.5 Å².